The van der Waals surface area contributed by atoms with Crippen molar-refractivity contribution in [3.63, 3.8) is 0 Å². The smallest absolute Gasteiger partial charge is 0.195 e. The molecular weight excluding hydrogens is 224 g/mol. The second-order valence-electron chi connectivity index (χ2n) is 4.12. The van der Waals surface area contributed by atoms with Crippen molar-refractivity contribution in [1.82, 2.24) is 0 Å². The summed E-state index contributed by atoms with van der Waals surface area (Å²) in [7, 11) is 0. The van der Waals surface area contributed by atoms with Gasteiger partial charge in [0.1, 0.15) is 6.10 Å². The Morgan fingerprint density at radius 1 is 1.41 bits per heavy atom. The van der Waals surface area contributed by atoms with Gasteiger partial charge >= 0.3 is 0 Å². The van der Waals surface area contributed by atoms with Crippen LogP contribution in [0.15, 0.2) is 10.3 Å². The Labute approximate surface area is 102 Å². The van der Waals surface area contributed by atoms with Crippen LogP contribution in [0.2, 0.25) is 0 Å². The average Bonchev–Trinajstić information content (AvgIpc) is 2.24. The van der Waals surface area contributed by atoms with Crippen LogP contribution in [-0.2, 0) is 19.1 Å². The van der Waals surface area contributed by atoms with Gasteiger partial charge in [0, 0.05) is 26.5 Å². The third-order valence-electron chi connectivity index (χ3n) is 2.78. The fourth-order valence-electron chi connectivity index (χ4n) is 2.10. The van der Waals surface area contributed by atoms with E-state index in [2.05, 4.69) is 23.7 Å². The number of hydrogen-bond donors (Lipinski definition) is 0. The lowest BCUT2D eigenvalue weighted by molar-refractivity contribution is -0.290. The van der Waals surface area contributed by atoms with Crippen LogP contribution in [0.1, 0.15) is 27.2 Å². The maximum Gasteiger partial charge on any atom is 0.195 e. The van der Waals surface area contributed by atoms with Crippen molar-refractivity contribution < 1.29 is 19.1 Å². The lowest BCUT2D eigenvalue weighted by Crippen LogP contribution is -2.56. The van der Waals surface area contributed by atoms with Crippen molar-refractivity contribution in [3.05, 3.63) is 0 Å². The van der Waals surface area contributed by atoms with Crippen LogP contribution >= 0.6 is 0 Å². The van der Waals surface area contributed by atoms with E-state index in [0.29, 0.717) is 13.0 Å². The molecule has 0 aromatic rings. The van der Waals surface area contributed by atoms with Crippen molar-refractivity contribution in [2.75, 3.05) is 6.61 Å². The predicted octanol–water partition coefficient (Wildman–Crippen LogP) is 1.55. The number of oxime groups is 2. The van der Waals surface area contributed by atoms with Crippen LogP contribution < -0.4 is 0 Å². The number of ether oxygens (including phenoxy) is 2. The molecule has 1 aliphatic rings. The van der Waals surface area contributed by atoms with E-state index in [1.54, 1.807) is 0 Å². The lowest BCUT2D eigenvalue weighted by atomic mass is 9.88. The Balaban J connectivity index is 2.82. The van der Waals surface area contributed by atoms with Crippen LogP contribution in [-0.4, -0.2) is 44.1 Å². The van der Waals surface area contributed by atoms with Gasteiger partial charge in [-0.25, -0.2) is 0 Å². The predicted molar refractivity (Wildman–Crippen MR) is 64.0 cm³/mol. The molecule has 1 aliphatic heterocycles. The highest BCUT2D eigenvalue weighted by molar-refractivity contribution is 5.22. The molecular formula is C11H20N2O4. The van der Waals surface area contributed by atoms with Gasteiger partial charge in [0.2, 0.25) is 0 Å². The molecule has 0 spiro atoms. The highest BCUT2D eigenvalue weighted by Gasteiger charge is 2.50. The third-order valence-corrected chi connectivity index (χ3v) is 2.78. The van der Waals surface area contributed by atoms with Crippen LogP contribution in [0.5, 0.6) is 0 Å². The largest absolute Gasteiger partial charge is 0.386 e. The topological polar surface area (TPSA) is 61.6 Å². The summed E-state index contributed by atoms with van der Waals surface area (Å²) >= 11 is 0. The van der Waals surface area contributed by atoms with E-state index in [4.69, 9.17) is 19.1 Å². The summed E-state index contributed by atoms with van der Waals surface area (Å²) in [5, 5.41) is 6.94. The molecule has 17 heavy (non-hydrogen) atoms. The Kier molecular flexibility index (Phi) is 4.89. The molecule has 4 atom stereocenters. The molecule has 0 aromatic carbocycles. The molecule has 6 heteroatoms. The van der Waals surface area contributed by atoms with E-state index in [-0.39, 0.29) is 12.4 Å². The number of rotatable bonds is 6. The zero-order valence-electron chi connectivity index (χ0n) is 10.6. The summed E-state index contributed by atoms with van der Waals surface area (Å²) in [5.74, 6) is 0. The van der Waals surface area contributed by atoms with Gasteiger partial charge in [0.15, 0.2) is 18.0 Å². The fraction of sp³-hybridized carbons (Fsp3) is 0.818. The zero-order valence-corrected chi connectivity index (χ0v) is 10.6. The highest BCUT2D eigenvalue weighted by Crippen LogP contribution is 2.35. The quantitative estimate of drug-likeness (QED) is 0.525. The lowest BCUT2D eigenvalue weighted by Gasteiger charge is -2.43. The van der Waals surface area contributed by atoms with Crippen molar-refractivity contribution in [1.29, 1.82) is 0 Å². The SMILES string of the molecule is C=NO[C@H]1[C@H](C)O[C@@H](OCC)C[C@@]1(C)ON=C. The van der Waals surface area contributed by atoms with Gasteiger partial charge in [-0.15, -0.1) is 10.3 Å². The van der Waals surface area contributed by atoms with Crippen molar-refractivity contribution in [3.8, 4) is 0 Å². The summed E-state index contributed by atoms with van der Waals surface area (Å²) < 4.78 is 11.1. The van der Waals surface area contributed by atoms with Crippen LogP contribution in [0.4, 0.5) is 0 Å². The monoisotopic (exact) mass is 244 g/mol. The molecule has 0 N–H and O–H groups in total. The first-order valence-corrected chi connectivity index (χ1v) is 5.60. The Morgan fingerprint density at radius 2 is 2.12 bits per heavy atom. The molecule has 6 nitrogen and oxygen atoms in total. The summed E-state index contributed by atoms with van der Waals surface area (Å²) in [5.41, 5.74) is -0.694. The third kappa shape index (κ3) is 3.17. The second kappa shape index (κ2) is 5.97. The zero-order chi connectivity index (χ0) is 12.9. The molecule has 1 heterocycles. The van der Waals surface area contributed by atoms with E-state index in [1.165, 1.54) is 0 Å². The maximum atomic E-state index is 5.66. The van der Waals surface area contributed by atoms with E-state index < -0.39 is 11.7 Å². The summed E-state index contributed by atoms with van der Waals surface area (Å²) in [6, 6.07) is 0. The molecule has 98 valence electrons. The molecule has 1 saturated heterocycles. The molecule has 1 fully saturated rings. The number of hydrogen-bond acceptors (Lipinski definition) is 6. The summed E-state index contributed by atoms with van der Waals surface area (Å²) in [4.78, 5) is 10.5. The van der Waals surface area contributed by atoms with Gasteiger partial charge in [-0.3, -0.25) is 0 Å². The summed E-state index contributed by atoms with van der Waals surface area (Å²) in [6.07, 6.45) is -0.490. The Morgan fingerprint density at radius 3 is 2.65 bits per heavy atom. The van der Waals surface area contributed by atoms with Gasteiger partial charge in [0.25, 0.3) is 0 Å². The van der Waals surface area contributed by atoms with Gasteiger partial charge < -0.3 is 19.1 Å². The minimum Gasteiger partial charge on any atom is -0.386 e. The highest BCUT2D eigenvalue weighted by atomic mass is 16.7. The summed E-state index contributed by atoms with van der Waals surface area (Å²) in [6.45, 7) is 12.9. The maximum absolute atomic E-state index is 5.66. The molecule has 0 radical (unpaired) electrons. The van der Waals surface area contributed by atoms with Crippen molar-refractivity contribution in [2.24, 2.45) is 10.3 Å². The van der Waals surface area contributed by atoms with Crippen LogP contribution in [0.3, 0.4) is 0 Å². The first kappa shape index (κ1) is 13.9. The molecule has 0 saturated carbocycles. The van der Waals surface area contributed by atoms with E-state index >= 15 is 0 Å². The van der Waals surface area contributed by atoms with E-state index in [1.807, 2.05) is 20.8 Å². The van der Waals surface area contributed by atoms with Crippen LogP contribution in [0.25, 0.3) is 0 Å². The average molecular weight is 244 g/mol. The second-order valence-corrected chi connectivity index (χ2v) is 4.12. The molecule has 0 amide bonds. The number of nitrogens with zero attached hydrogens (tertiary/aromatic N) is 2. The minimum absolute atomic E-state index is 0.238. The molecule has 0 aliphatic carbocycles. The van der Waals surface area contributed by atoms with Gasteiger partial charge in [-0.2, -0.15) is 0 Å². The minimum atomic E-state index is -0.694. The first-order chi connectivity index (χ1) is 8.07. The molecule has 0 aromatic heterocycles. The Bertz CT molecular complexity index is 274. The van der Waals surface area contributed by atoms with Crippen LogP contribution in [0, 0.1) is 0 Å². The van der Waals surface area contributed by atoms with E-state index in [0.717, 1.165) is 0 Å². The van der Waals surface area contributed by atoms with E-state index in [9.17, 15) is 0 Å². The Hall–Kier alpha value is -1.14. The molecule has 0 unspecified atom stereocenters. The standard InChI is InChI=1S/C11H20N2O4/c1-6-14-9-7-11(3,17-13-5)10(16-12-4)8(2)15-9/h8-10H,4-7H2,1-3H3/t8-,9+,10-,11+/m0/s1. The normalized spacial score (nSPS) is 37.2. The van der Waals surface area contributed by atoms with Gasteiger partial charge in [0.05, 0.1) is 0 Å². The van der Waals surface area contributed by atoms with Gasteiger partial charge in [-0.05, 0) is 20.8 Å². The van der Waals surface area contributed by atoms with Gasteiger partial charge in [-0.1, -0.05) is 0 Å². The molecule has 0 bridgehead atoms. The van der Waals surface area contributed by atoms with Crippen molar-refractivity contribution in [2.45, 2.75) is 51.3 Å². The fourth-order valence-corrected chi connectivity index (χ4v) is 2.10. The van der Waals surface area contributed by atoms with Crippen molar-refractivity contribution >= 4 is 13.4 Å². The first-order valence-electron chi connectivity index (χ1n) is 5.60. The molecule has 1 rings (SSSR count).